The van der Waals surface area contributed by atoms with Crippen molar-refractivity contribution in [1.82, 2.24) is 5.32 Å². The molecule has 4 unspecified atom stereocenters. The summed E-state index contributed by atoms with van der Waals surface area (Å²) in [5.41, 5.74) is -0.389. The minimum Gasteiger partial charge on any atom is -0.394 e. The third-order valence-electron chi connectivity index (χ3n) is 3.10. The molecule has 5 heteroatoms. The molecule has 5 N–H and O–H groups in total. The number of hydrogen-bond acceptors (Lipinski definition) is 5. The maximum Gasteiger partial charge on any atom is 0.0996 e. The summed E-state index contributed by atoms with van der Waals surface area (Å²) < 4.78 is 0. The number of nitrogens with one attached hydrogen (secondary N) is 1. The smallest absolute Gasteiger partial charge is 0.0996 e. The van der Waals surface area contributed by atoms with Gasteiger partial charge in [0, 0.05) is 5.54 Å². The van der Waals surface area contributed by atoms with E-state index in [0.29, 0.717) is 0 Å². The minimum absolute atomic E-state index is 0.389. The van der Waals surface area contributed by atoms with Crippen LogP contribution in [0, 0.1) is 0 Å². The molecule has 0 amide bonds. The standard InChI is InChI=1S/C8H15NO4/c10-3-4(11)5-6(12)7(13)8(9-5)1-2-8/h4-7,9-13H,1-3H2. The molecule has 76 valence electrons. The van der Waals surface area contributed by atoms with E-state index in [1.807, 2.05) is 0 Å². The van der Waals surface area contributed by atoms with Crippen molar-refractivity contribution in [2.24, 2.45) is 0 Å². The van der Waals surface area contributed by atoms with E-state index < -0.39 is 31.0 Å². The van der Waals surface area contributed by atoms with E-state index in [4.69, 9.17) is 5.11 Å². The summed E-state index contributed by atoms with van der Waals surface area (Å²) in [6.45, 7) is -0.405. The molecule has 2 fully saturated rings. The third-order valence-corrected chi connectivity index (χ3v) is 3.10. The molecule has 2 aliphatic rings. The van der Waals surface area contributed by atoms with Crippen LogP contribution in [0.5, 0.6) is 0 Å². The molecule has 0 aromatic carbocycles. The Kier molecular flexibility index (Phi) is 2.08. The van der Waals surface area contributed by atoms with Crippen molar-refractivity contribution in [2.75, 3.05) is 6.61 Å². The van der Waals surface area contributed by atoms with Crippen molar-refractivity contribution >= 4 is 0 Å². The van der Waals surface area contributed by atoms with Gasteiger partial charge in [-0.15, -0.1) is 0 Å². The molecule has 1 heterocycles. The van der Waals surface area contributed by atoms with Crippen LogP contribution in [-0.4, -0.2) is 56.9 Å². The Balaban J connectivity index is 2.07. The summed E-state index contributed by atoms with van der Waals surface area (Å²) in [6, 6.07) is -0.609. The monoisotopic (exact) mass is 189 g/mol. The summed E-state index contributed by atoms with van der Waals surface area (Å²) in [6.07, 6.45) is -1.17. The Bertz CT molecular complexity index is 206. The van der Waals surface area contributed by atoms with Crippen molar-refractivity contribution < 1.29 is 20.4 Å². The SMILES string of the molecule is OCC(O)C1NC2(CC2)C(O)C1O. The van der Waals surface area contributed by atoms with E-state index in [9.17, 15) is 15.3 Å². The average Bonchev–Trinajstić information content (AvgIpc) is 2.87. The molecule has 1 saturated carbocycles. The van der Waals surface area contributed by atoms with Crippen LogP contribution in [0.15, 0.2) is 0 Å². The lowest BCUT2D eigenvalue weighted by molar-refractivity contribution is -0.0141. The lowest BCUT2D eigenvalue weighted by Gasteiger charge is -2.19. The van der Waals surface area contributed by atoms with Crippen LogP contribution in [0.1, 0.15) is 12.8 Å². The molecule has 0 bridgehead atoms. The predicted molar refractivity (Wildman–Crippen MR) is 44.0 cm³/mol. The van der Waals surface area contributed by atoms with Gasteiger partial charge in [0.05, 0.1) is 31.0 Å². The van der Waals surface area contributed by atoms with Crippen LogP contribution in [0.4, 0.5) is 0 Å². The molecule has 0 aromatic rings. The van der Waals surface area contributed by atoms with Crippen molar-refractivity contribution in [3.8, 4) is 0 Å². The summed E-state index contributed by atoms with van der Waals surface area (Å²) in [7, 11) is 0. The van der Waals surface area contributed by atoms with Crippen molar-refractivity contribution in [3.05, 3.63) is 0 Å². The highest BCUT2D eigenvalue weighted by Gasteiger charge is 2.60. The number of rotatable bonds is 2. The first-order chi connectivity index (χ1) is 6.10. The van der Waals surface area contributed by atoms with Crippen molar-refractivity contribution in [1.29, 1.82) is 0 Å². The van der Waals surface area contributed by atoms with Gasteiger partial charge in [0.15, 0.2) is 0 Å². The number of aliphatic hydroxyl groups excluding tert-OH is 4. The quantitative estimate of drug-likeness (QED) is 0.333. The fraction of sp³-hybridized carbons (Fsp3) is 1.00. The van der Waals surface area contributed by atoms with Gasteiger partial charge in [0.2, 0.25) is 0 Å². The van der Waals surface area contributed by atoms with Crippen LogP contribution in [-0.2, 0) is 0 Å². The van der Waals surface area contributed by atoms with E-state index >= 15 is 0 Å². The lowest BCUT2D eigenvalue weighted by atomic mass is 10.0. The molecular weight excluding hydrogens is 174 g/mol. The van der Waals surface area contributed by atoms with Gasteiger partial charge in [-0.2, -0.15) is 0 Å². The van der Waals surface area contributed by atoms with Crippen LogP contribution in [0.2, 0.25) is 0 Å². The third kappa shape index (κ3) is 1.28. The molecule has 1 spiro atoms. The van der Waals surface area contributed by atoms with E-state index in [2.05, 4.69) is 5.32 Å². The van der Waals surface area contributed by atoms with Crippen molar-refractivity contribution in [2.45, 2.75) is 42.7 Å². The van der Waals surface area contributed by atoms with Gasteiger partial charge in [0.25, 0.3) is 0 Å². The Morgan fingerprint density at radius 2 is 2.00 bits per heavy atom. The van der Waals surface area contributed by atoms with Crippen LogP contribution >= 0.6 is 0 Å². The maximum atomic E-state index is 9.60. The molecule has 5 nitrogen and oxygen atoms in total. The van der Waals surface area contributed by atoms with Crippen LogP contribution in [0.3, 0.4) is 0 Å². The molecule has 1 aliphatic carbocycles. The molecule has 4 atom stereocenters. The number of aliphatic hydroxyl groups is 4. The fourth-order valence-corrected chi connectivity index (χ4v) is 2.04. The van der Waals surface area contributed by atoms with E-state index in [1.165, 1.54) is 0 Å². The van der Waals surface area contributed by atoms with Crippen molar-refractivity contribution in [3.63, 3.8) is 0 Å². The van der Waals surface area contributed by atoms with Gasteiger partial charge >= 0.3 is 0 Å². The lowest BCUT2D eigenvalue weighted by Crippen LogP contribution is -2.45. The summed E-state index contributed by atoms with van der Waals surface area (Å²) in [5, 5.41) is 40.2. The molecule has 0 radical (unpaired) electrons. The van der Waals surface area contributed by atoms with Gasteiger partial charge in [-0.25, -0.2) is 0 Å². The van der Waals surface area contributed by atoms with Crippen LogP contribution < -0.4 is 5.32 Å². The normalized spacial score (nSPS) is 43.8. The highest BCUT2D eigenvalue weighted by molar-refractivity contribution is 5.18. The summed E-state index contributed by atoms with van der Waals surface area (Å²) in [5.74, 6) is 0. The van der Waals surface area contributed by atoms with Crippen LogP contribution in [0.25, 0.3) is 0 Å². The molecule has 2 rings (SSSR count). The first-order valence-electron chi connectivity index (χ1n) is 4.53. The largest absolute Gasteiger partial charge is 0.394 e. The number of hydrogen-bond donors (Lipinski definition) is 5. The molecular formula is C8H15NO4. The fourth-order valence-electron chi connectivity index (χ4n) is 2.04. The zero-order valence-electron chi connectivity index (χ0n) is 7.22. The second-order valence-electron chi connectivity index (χ2n) is 4.01. The zero-order chi connectivity index (χ0) is 9.64. The van der Waals surface area contributed by atoms with Gasteiger partial charge in [-0.3, -0.25) is 0 Å². The second-order valence-corrected chi connectivity index (χ2v) is 4.01. The topological polar surface area (TPSA) is 93.0 Å². The Morgan fingerprint density at radius 3 is 2.38 bits per heavy atom. The Hall–Kier alpha value is -0.200. The van der Waals surface area contributed by atoms with E-state index in [0.717, 1.165) is 12.8 Å². The highest BCUT2D eigenvalue weighted by Crippen LogP contribution is 2.45. The minimum atomic E-state index is -1.01. The highest BCUT2D eigenvalue weighted by atomic mass is 16.3. The molecule has 13 heavy (non-hydrogen) atoms. The first-order valence-corrected chi connectivity index (χ1v) is 4.53. The summed E-state index contributed by atoms with van der Waals surface area (Å²) in [4.78, 5) is 0. The molecule has 0 aromatic heterocycles. The zero-order valence-corrected chi connectivity index (χ0v) is 7.22. The maximum absolute atomic E-state index is 9.60. The Morgan fingerprint density at radius 1 is 1.38 bits per heavy atom. The second kappa shape index (κ2) is 2.90. The van der Waals surface area contributed by atoms with Gasteiger partial charge < -0.3 is 25.7 Å². The first kappa shape index (κ1) is 9.36. The van der Waals surface area contributed by atoms with Gasteiger partial charge in [0.1, 0.15) is 0 Å². The molecule has 1 saturated heterocycles. The van der Waals surface area contributed by atoms with Gasteiger partial charge in [-0.1, -0.05) is 0 Å². The van der Waals surface area contributed by atoms with Gasteiger partial charge in [-0.05, 0) is 12.8 Å². The average molecular weight is 189 g/mol. The Labute approximate surface area is 76.0 Å². The van der Waals surface area contributed by atoms with E-state index in [1.54, 1.807) is 0 Å². The van der Waals surface area contributed by atoms with E-state index in [-0.39, 0.29) is 5.54 Å². The summed E-state index contributed by atoms with van der Waals surface area (Å²) >= 11 is 0. The molecule has 1 aliphatic heterocycles. The predicted octanol–water partition coefficient (Wildman–Crippen LogP) is -2.43.